The van der Waals surface area contributed by atoms with Crippen LogP contribution in [0.1, 0.15) is 5.56 Å². The number of fused-ring (bicyclic) bond motifs is 5. The lowest BCUT2D eigenvalue weighted by atomic mass is 9.86. The molecule has 0 amide bonds. The van der Waals surface area contributed by atoms with Gasteiger partial charge in [0.1, 0.15) is 6.61 Å². The first-order chi connectivity index (χ1) is 20.3. The van der Waals surface area contributed by atoms with E-state index >= 15 is 0 Å². The fourth-order valence-corrected chi connectivity index (χ4v) is 5.99. The summed E-state index contributed by atoms with van der Waals surface area (Å²) in [5, 5.41) is 0. The Morgan fingerprint density at radius 1 is 0.512 bits per heavy atom. The average molecular weight is 527 g/mol. The standard InChI is InChI=1S/C38H26N2O/c1-3-11-26(12-4-1)32-18-10-19-33(27-13-5-2-6-14-27)37(32)30-17-9-16-28(23-30)29-21-22-34-36(24-29)40-35-20-8-7-15-31(35)25-41-38(40)39-34/h1-24H,25H2. The van der Waals surface area contributed by atoms with Crippen molar-refractivity contribution in [1.29, 1.82) is 0 Å². The monoisotopic (exact) mass is 526 g/mol. The molecule has 8 rings (SSSR count). The minimum absolute atomic E-state index is 0.541. The summed E-state index contributed by atoms with van der Waals surface area (Å²) in [5.41, 5.74) is 13.8. The van der Waals surface area contributed by atoms with E-state index in [1.807, 2.05) is 0 Å². The van der Waals surface area contributed by atoms with Gasteiger partial charge in [0.15, 0.2) is 0 Å². The molecule has 2 heterocycles. The molecule has 6 aromatic carbocycles. The van der Waals surface area contributed by atoms with Gasteiger partial charge in [0.05, 0.1) is 16.7 Å². The second kappa shape index (κ2) is 9.65. The van der Waals surface area contributed by atoms with E-state index in [4.69, 9.17) is 9.72 Å². The van der Waals surface area contributed by atoms with Crippen molar-refractivity contribution in [3.05, 3.63) is 151 Å². The summed E-state index contributed by atoms with van der Waals surface area (Å²) >= 11 is 0. The van der Waals surface area contributed by atoms with E-state index in [-0.39, 0.29) is 0 Å². The van der Waals surface area contributed by atoms with Crippen LogP contribution in [0.2, 0.25) is 0 Å². The molecule has 0 radical (unpaired) electrons. The number of hydrogen-bond donors (Lipinski definition) is 0. The maximum absolute atomic E-state index is 6.02. The first kappa shape index (κ1) is 23.5. The summed E-state index contributed by atoms with van der Waals surface area (Å²) in [6.07, 6.45) is 0. The van der Waals surface area contributed by atoms with Gasteiger partial charge in [0, 0.05) is 5.56 Å². The molecule has 0 aliphatic carbocycles. The lowest BCUT2D eigenvalue weighted by Crippen LogP contribution is -2.11. The molecule has 1 aliphatic rings. The highest BCUT2D eigenvalue weighted by Crippen LogP contribution is 2.41. The smallest absolute Gasteiger partial charge is 0.302 e. The Bertz CT molecular complexity index is 1980. The van der Waals surface area contributed by atoms with Crippen molar-refractivity contribution in [2.75, 3.05) is 0 Å². The number of nitrogens with zero attached hydrogens (tertiary/aromatic N) is 2. The SMILES string of the molecule is c1ccc(-c2cccc(-c3ccccc3)c2-c2cccc(-c3ccc4nc5n(c4c3)-c3ccccc3CO5)c2)cc1. The number of benzene rings is 6. The van der Waals surface area contributed by atoms with Crippen LogP contribution in [0.25, 0.3) is 61.2 Å². The van der Waals surface area contributed by atoms with E-state index in [1.165, 1.54) is 33.4 Å². The molecule has 3 heteroatoms. The number of hydrogen-bond acceptors (Lipinski definition) is 2. The first-order valence-electron chi connectivity index (χ1n) is 13.9. The van der Waals surface area contributed by atoms with E-state index in [2.05, 4.69) is 150 Å². The van der Waals surface area contributed by atoms with Gasteiger partial charge in [-0.25, -0.2) is 0 Å². The third-order valence-corrected chi connectivity index (χ3v) is 7.93. The quantitative estimate of drug-likeness (QED) is 0.228. The molecular weight excluding hydrogens is 500 g/mol. The van der Waals surface area contributed by atoms with Crippen LogP contribution in [0.3, 0.4) is 0 Å². The average Bonchev–Trinajstić information content (AvgIpc) is 3.44. The molecule has 41 heavy (non-hydrogen) atoms. The van der Waals surface area contributed by atoms with Gasteiger partial charge in [0.2, 0.25) is 0 Å². The minimum Gasteiger partial charge on any atom is -0.459 e. The van der Waals surface area contributed by atoms with Crippen molar-refractivity contribution in [2.45, 2.75) is 6.61 Å². The second-order valence-corrected chi connectivity index (χ2v) is 10.4. The van der Waals surface area contributed by atoms with Crippen molar-refractivity contribution >= 4 is 11.0 Å². The maximum Gasteiger partial charge on any atom is 0.302 e. The van der Waals surface area contributed by atoms with Crippen LogP contribution < -0.4 is 4.74 Å². The summed E-state index contributed by atoms with van der Waals surface area (Å²) in [6.45, 7) is 0.541. The van der Waals surface area contributed by atoms with Gasteiger partial charge in [0.25, 0.3) is 0 Å². The van der Waals surface area contributed by atoms with Crippen molar-refractivity contribution in [2.24, 2.45) is 0 Å². The number of rotatable bonds is 4. The Morgan fingerprint density at radius 2 is 1.12 bits per heavy atom. The molecule has 0 atom stereocenters. The van der Waals surface area contributed by atoms with Gasteiger partial charge < -0.3 is 4.74 Å². The molecule has 3 nitrogen and oxygen atoms in total. The number of imidazole rings is 1. The first-order valence-corrected chi connectivity index (χ1v) is 13.9. The van der Waals surface area contributed by atoms with E-state index in [1.54, 1.807) is 0 Å². The Hall–Kier alpha value is -5.41. The summed E-state index contributed by atoms with van der Waals surface area (Å²) in [4.78, 5) is 4.78. The maximum atomic E-state index is 6.02. The van der Waals surface area contributed by atoms with Crippen molar-refractivity contribution in [3.63, 3.8) is 0 Å². The van der Waals surface area contributed by atoms with Crippen LogP contribution >= 0.6 is 0 Å². The third kappa shape index (κ3) is 4.02. The number of aromatic nitrogens is 2. The molecule has 7 aromatic rings. The third-order valence-electron chi connectivity index (χ3n) is 7.93. The van der Waals surface area contributed by atoms with Gasteiger partial charge >= 0.3 is 6.01 Å². The Balaban J connectivity index is 1.31. The molecule has 0 spiro atoms. The van der Waals surface area contributed by atoms with E-state index in [9.17, 15) is 0 Å². The Labute approximate surface area is 239 Å². The summed E-state index contributed by atoms with van der Waals surface area (Å²) < 4.78 is 8.16. The van der Waals surface area contributed by atoms with Gasteiger partial charge in [-0.3, -0.25) is 4.57 Å². The second-order valence-electron chi connectivity index (χ2n) is 10.4. The fraction of sp³-hybridized carbons (Fsp3) is 0.0263. The molecule has 0 fully saturated rings. The van der Waals surface area contributed by atoms with E-state index in [0.29, 0.717) is 12.6 Å². The topological polar surface area (TPSA) is 27.1 Å². The Kier molecular flexibility index (Phi) is 5.53. The zero-order valence-electron chi connectivity index (χ0n) is 22.4. The van der Waals surface area contributed by atoms with E-state index in [0.717, 1.165) is 33.4 Å². The summed E-state index contributed by atoms with van der Waals surface area (Å²) in [7, 11) is 0. The van der Waals surface area contributed by atoms with Gasteiger partial charge in [-0.05, 0) is 68.8 Å². The van der Waals surface area contributed by atoms with E-state index < -0.39 is 0 Å². The van der Waals surface area contributed by atoms with Crippen molar-refractivity contribution < 1.29 is 4.74 Å². The highest BCUT2D eigenvalue weighted by molar-refractivity contribution is 5.96. The van der Waals surface area contributed by atoms with Gasteiger partial charge in [-0.15, -0.1) is 0 Å². The molecule has 0 saturated heterocycles. The van der Waals surface area contributed by atoms with Crippen LogP contribution in [0.4, 0.5) is 0 Å². The molecule has 194 valence electrons. The van der Waals surface area contributed by atoms with Gasteiger partial charge in [-0.2, -0.15) is 4.98 Å². The highest BCUT2D eigenvalue weighted by atomic mass is 16.5. The zero-order valence-corrected chi connectivity index (χ0v) is 22.4. The van der Waals surface area contributed by atoms with Crippen LogP contribution in [-0.4, -0.2) is 9.55 Å². The lowest BCUT2D eigenvalue weighted by molar-refractivity contribution is 0.265. The zero-order chi connectivity index (χ0) is 27.2. The lowest BCUT2D eigenvalue weighted by Gasteiger charge is -2.19. The van der Waals surface area contributed by atoms with Crippen LogP contribution in [0.5, 0.6) is 6.01 Å². The van der Waals surface area contributed by atoms with Crippen LogP contribution in [0.15, 0.2) is 146 Å². The number of para-hydroxylation sites is 1. The van der Waals surface area contributed by atoms with Gasteiger partial charge in [-0.1, -0.05) is 121 Å². The van der Waals surface area contributed by atoms with Crippen molar-refractivity contribution in [1.82, 2.24) is 9.55 Å². The molecule has 0 bridgehead atoms. The summed E-state index contributed by atoms with van der Waals surface area (Å²) in [6, 6.07) is 52.3. The largest absolute Gasteiger partial charge is 0.459 e. The molecule has 0 N–H and O–H groups in total. The molecule has 1 aliphatic heterocycles. The Morgan fingerprint density at radius 3 is 1.88 bits per heavy atom. The van der Waals surface area contributed by atoms with Crippen molar-refractivity contribution in [3.8, 4) is 56.2 Å². The predicted octanol–water partition coefficient (Wildman–Crippen LogP) is 9.59. The summed E-state index contributed by atoms with van der Waals surface area (Å²) in [5.74, 6) is 0. The predicted molar refractivity (Wildman–Crippen MR) is 167 cm³/mol. The normalized spacial score (nSPS) is 12.0. The minimum atomic E-state index is 0.541. The number of ether oxygens (including phenoxy) is 1. The van der Waals surface area contributed by atoms with Crippen LogP contribution in [0, 0.1) is 0 Å². The fourth-order valence-electron chi connectivity index (χ4n) is 5.99. The molecular formula is C38H26N2O. The van der Waals surface area contributed by atoms with Crippen LogP contribution in [-0.2, 0) is 6.61 Å². The molecule has 0 unspecified atom stereocenters. The molecule has 1 aromatic heterocycles. The highest BCUT2D eigenvalue weighted by Gasteiger charge is 2.21. The molecule has 0 saturated carbocycles.